The fourth-order valence-electron chi connectivity index (χ4n) is 1.42. The van der Waals surface area contributed by atoms with Crippen molar-refractivity contribution in [1.29, 1.82) is 0 Å². The summed E-state index contributed by atoms with van der Waals surface area (Å²) in [6.07, 6.45) is 0. The fourth-order valence-corrected chi connectivity index (χ4v) is 1.42. The Morgan fingerprint density at radius 1 is 1.50 bits per heavy atom. The van der Waals surface area contributed by atoms with Gasteiger partial charge in [0.2, 0.25) is 0 Å². The molecule has 0 amide bonds. The van der Waals surface area contributed by atoms with Crippen LogP contribution >= 0.6 is 0 Å². The molecule has 1 heterocycles. The molecule has 0 unspecified atom stereocenters. The molecule has 0 saturated carbocycles. The van der Waals surface area contributed by atoms with Crippen molar-refractivity contribution in [1.82, 2.24) is 10.1 Å². The highest BCUT2D eigenvalue weighted by atomic mass is 19.1. The number of aromatic nitrogens is 2. The van der Waals surface area contributed by atoms with Gasteiger partial charge in [0.15, 0.2) is 0 Å². The van der Waals surface area contributed by atoms with Gasteiger partial charge in [-0.1, -0.05) is 0 Å². The molecule has 0 radical (unpaired) electrons. The molecule has 0 N–H and O–H groups in total. The predicted octanol–water partition coefficient (Wildman–Crippen LogP) is 1.96. The number of hydrogen-bond acceptors (Lipinski definition) is 7. The molecule has 2 aromatic rings. The molecule has 8 nitrogen and oxygen atoms in total. The molecule has 1 aromatic carbocycles. The number of benzene rings is 1. The zero-order valence-electron chi connectivity index (χ0n) is 10.2. The van der Waals surface area contributed by atoms with Crippen molar-refractivity contribution in [2.24, 2.45) is 0 Å². The lowest BCUT2D eigenvalue weighted by Crippen LogP contribution is -2.06. The highest BCUT2D eigenvalue weighted by molar-refractivity contribution is 5.85. The summed E-state index contributed by atoms with van der Waals surface area (Å²) < 4.78 is 22.7. The SMILES string of the molecule is CCOC(=O)c1noc(-c2cc(F)cc([N+](=O)[O-])c2)n1. The molecule has 104 valence electrons. The van der Waals surface area contributed by atoms with Crippen molar-refractivity contribution in [3.8, 4) is 11.5 Å². The first-order valence-electron chi connectivity index (χ1n) is 5.47. The third-order valence-electron chi connectivity index (χ3n) is 2.22. The quantitative estimate of drug-likeness (QED) is 0.478. The number of non-ortho nitro benzene ring substituents is 1. The number of carbonyl (C=O) groups excluding carboxylic acids is 1. The first-order chi connectivity index (χ1) is 9.51. The Balaban J connectivity index is 2.37. The third kappa shape index (κ3) is 2.76. The maximum absolute atomic E-state index is 13.3. The molecule has 0 aliphatic heterocycles. The van der Waals surface area contributed by atoms with Crippen LogP contribution in [0.25, 0.3) is 11.5 Å². The number of carbonyl (C=O) groups is 1. The van der Waals surface area contributed by atoms with Crippen LogP contribution in [0.2, 0.25) is 0 Å². The zero-order valence-corrected chi connectivity index (χ0v) is 10.2. The number of nitro benzene ring substituents is 1. The summed E-state index contributed by atoms with van der Waals surface area (Å²) in [4.78, 5) is 24.9. The van der Waals surface area contributed by atoms with E-state index in [2.05, 4.69) is 14.9 Å². The highest BCUT2D eigenvalue weighted by Gasteiger charge is 2.19. The van der Waals surface area contributed by atoms with E-state index in [0.717, 1.165) is 18.2 Å². The standard InChI is InChI=1S/C11H8FN3O5/c1-2-19-11(16)9-13-10(20-14-9)6-3-7(12)5-8(4-6)15(17)18/h3-5H,2H2,1H3. The third-order valence-corrected chi connectivity index (χ3v) is 2.22. The minimum Gasteiger partial charge on any atom is -0.460 e. The maximum Gasteiger partial charge on any atom is 0.379 e. The molecule has 0 aliphatic rings. The molecular weight excluding hydrogens is 273 g/mol. The largest absolute Gasteiger partial charge is 0.460 e. The van der Waals surface area contributed by atoms with Crippen LogP contribution in [0, 0.1) is 15.9 Å². The van der Waals surface area contributed by atoms with Gasteiger partial charge in [-0.15, -0.1) is 0 Å². The summed E-state index contributed by atoms with van der Waals surface area (Å²) in [5.41, 5.74) is -0.462. The summed E-state index contributed by atoms with van der Waals surface area (Å²) in [7, 11) is 0. The van der Waals surface area contributed by atoms with Crippen LogP contribution in [0.5, 0.6) is 0 Å². The summed E-state index contributed by atoms with van der Waals surface area (Å²) >= 11 is 0. The van der Waals surface area contributed by atoms with Crippen molar-refractivity contribution in [2.75, 3.05) is 6.61 Å². The molecule has 2 rings (SSSR count). The second-order valence-electron chi connectivity index (χ2n) is 3.60. The monoisotopic (exact) mass is 281 g/mol. The lowest BCUT2D eigenvalue weighted by molar-refractivity contribution is -0.385. The Labute approximate surface area is 111 Å². The van der Waals surface area contributed by atoms with E-state index in [4.69, 9.17) is 4.52 Å². The van der Waals surface area contributed by atoms with Crippen LogP contribution in [-0.4, -0.2) is 27.6 Å². The molecule has 1 aromatic heterocycles. The average molecular weight is 281 g/mol. The predicted molar refractivity (Wildman–Crippen MR) is 62.3 cm³/mol. The topological polar surface area (TPSA) is 108 Å². The van der Waals surface area contributed by atoms with Crippen LogP contribution in [0.4, 0.5) is 10.1 Å². The first kappa shape index (κ1) is 13.6. The van der Waals surface area contributed by atoms with Crippen LogP contribution in [0.1, 0.15) is 17.5 Å². The van der Waals surface area contributed by atoms with E-state index in [9.17, 15) is 19.3 Å². The first-order valence-corrected chi connectivity index (χ1v) is 5.47. The zero-order chi connectivity index (χ0) is 14.7. The smallest absolute Gasteiger partial charge is 0.379 e. The average Bonchev–Trinajstić information content (AvgIpc) is 2.88. The fraction of sp³-hybridized carbons (Fsp3) is 0.182. The number of esters is 1. The van der Waals surface area contributed by atoms with Gasteiger partial charge >= 0.3 is 5.97 Å². The molecule has 0 saturated heterocycles. The van der Waals surface area contributed by atoms with Crippen molar-refractivity contribution in [3.05, 3.63) is 40.0 Å². The van der Waals surface area contributed by atoms with Gasteiger partial charge in [0, 0.05) is 11.6 Å². The molecular formula is C11H8FN3O5. The summed E-state index contributed by atoms with van der Waals surface area (Å²) in [5.74, 6) is -2.18. The minimum atomic E-state index is -0.829. The Bertz CT molecular complexity index is 670. The number of hydrogen-bond donors (Lipinski definition) is 0. The van der Waals surface area contributed by atoms with Crippen LogP contribution in [0.3, 0.4) is 0 Å². The highest BCUT2D eigenvalue weighted by Crippen LogP contribution is 2.24. The lowest BCUT2D eigenvalue weighted by atomic mass is 10.2. The van der Waals surface area contributed by atoms with Crippen molar-refractivity contribution in [3.63, 3.8) is 0 Å². The van der Waals surface area contributed by atoms with Crippen molar-refractivity contribution < 1.29 is 23.4 Å². The number of rotatable bonds is 4. The van der Waals surface area contributed by atoms with E-state index in [1.807, 2.05) is 0 Å². The van der Waals surface area contributed by atoms with Crippen LogP contribution in [-0.2, 0) is 4.74 Å². The van der Waals surface area contributed by atoms with E-state index >= 15 is 0 Å². The number of ether oxygens (including phenoxy) is 1. The molecule has 0 fully saturated rings. The van der Waals surface area contributed by atoms with Gasteiger partial charge in [0.25, 0.3) is 17.4 Å². The van der Waals surface area contributed by atoms with E-state index < -0.39 is 22.4 Å². The van der Waals surface area contributed by atoms with Gasteiger partial charge in [-0.05, 0) is 18.1 Å². The van der Waals surface area contributed by atoms with E-state index in [1.54, 1.807) is 6.92 Å². The Morgan fingerprint density at radius 2 is 2.25 bits per heavy atom. The van der Waals surface area contributed by atoms with Crippen molar-refractivity contribution >= 4 is 11.7 Å². The van der Waals surface area contributed by atoms with E-state index in [1.165, 1.54) is 0 Å². The summed E-state index contributed by atoms with van der Waals surface area (Å²) in [6.45, 7) is 1.74. The summed E-state index contributed by atoms with van der Waals surface area (Å²) in [5, 5.41) is 14.0. The molecule has 0 spiro atoms. The van der Waals surface area contributed by atoms with E-state index in [-0.39, 0.29) is 23.9 Å². The molecule has 9 heteroatoms. The van der Waals surface area contributed by atoms with Crippen molar-refractivity contribution in [2.45, 2.75) is 6.92 Å². The normalized spacial score (nSPS) is 10.3. The van der Waals surface area contributed by atoms with Gasteiger partial charge in [-0.25, -0.2) is 9.18 Å². The molecule has 0 atom stereocenters. The van der Waals surface area contributed by atoms with Gasteiger partial charge in [-0.3, -0.25) is 10.1 Å². The summed E-state index contributed by atoms with van der Waals surface area (Å²) in [6, 6.07) is 2.80. The van der Waals surface area contributed by atoms with Crippen LogP contribution < -0.4 is 0 Å². The minimum absolute atomic E-state index is 0.000233. The van der Waals surface area contributed by atoms with E-state index in [0.29, 0.717) is 0 Å². The Morgan fingerprint density at radius 3 is 2.90 bits per heavy atom. The maximum atomic E-state index is 13.3. The van der Waals surface area contributed by atoms with Crippen LogP contribution in [0.15, 0.2) is 22.7 Å². The molecule has 20 heavy (non-hydrogen) atoms. The number of nitro groups is 1. The van der Waals surface area contributed by atoms with Gasteiger partial charge in [0.1, 0.15) is 5.82 Å². The number of nitrogens with zero attached hydrogens (tertiary/aromatic N) is 3. The molecule has 0 aliphatic carbocycles. The van der Waals surface area contributed by atoms with Gasteiger partial charge in [0.05, 0.1) is 17.6 Å². The number of halogens is 1. The second-order valence-corrected chi connectivity index (χ2v) is 3.60. The Hall–Kier alpha value is -2.84. The second kappa shape index (κ2) is 5.43. The Kier molecular flexibility index (Phi) is 3.69. The van der Waals surface area contributed by atoms with Gasteiger partial charge in [-0.2, -0.15) is 4.98 Å². The van der Waals surface area contributed by atoms with Gasteiger partial charge < -0.3 is 9.26 Å². The lowest BCUT2D eigenvalue weighted by Gasteiger charge is -1.96. The molecule has 0 bridgehead atoms.